The van der Waals surface area contributed by atoms with E-state index in [0.29, 0.717) is 6.42 Å². The Morgan fingerprint density at radius 2 is 2.43 bits per heavy atom. The van der Waals surface area contributed by atoms with Crippen LogP contribution < -0.4 is 5.32 Å². The molecule has 0 saturated carbocycles. The number of carbonyl (C=O) groups is 1. The van der Waals surface area contributed by atoms with E-state index in [2.05, 4.69) is 20.7 Å². The zero-order valence-electron chi connectivity index (χ0n) is 8.16. The molecule has 14 heavy (non-hydrogen) atoms. The van der Waals surface area contributed by atoms with Crippen molar-refractivity contribution >= 4 is 12.0 Å². The fourth-order valence-electron chi connectivity index (χ4n) is 1.68. The van der Waals surface area contributed by atoms with Gasteiger partial charge in [0.05, 0.1) is 11.2 Å². The molecular formula is C9H12N4O. The SMILES string of the molecule is CC(=O)NC1(C)C=Cc2n[nH]nc2C1. The number of nitrogens with zero attached hydrogens (tertiary/aromatic N) is 2. The number of carbonyl (C=O) groups excluding carboxylic acids is 1. The van der Waals surface area contributed by atoms with Crippen LogP contribution in [0.25, 0.3) is 6.08 Å². The molecule has 1 aliphatic rings. The minimum atomic E-state index is -0.338. The van der Waals surface area contributed by atoms with Crippen LogP contribution in [0.2, 0.25) is 0 Å². The largest absolute Gasteiger partial charge is 0.347 e. The van der Waals surface area contributed by atoms with Gasteiger partial charge in [-0.25, -0.2) is 0 Å². The summed E-state index contributed by atoms with van der Waals surface area (Å²) in [6.07, 6.45) is 4.49. The lowest BCUT2D eigenvalue weighted by Gasteiger charge is -2.28. The quantitative estimate of drug-likeness (QED) is 0.671. The van der Waals surface area contributed by atoms with Crippen LogP contribution in [0.3, 0.4) is 0 Å². The smallest absolute Gasteiger partial charge is 0.217 e. The lowest BCUT2D eigenvalue weighted by Crippen LogP contribution is -2.46. The fraction of sp³-hybridized carbons (Fsp3) is 0.444. The Hall–Kier alpha value is -1.65. The fourth-order valence-corrected chi connectivity index (χ4v) is 1.68. The predicted octanol–water partition coefficient (Wildman–Crippen LogP) is 0.269. The number of hydrogen-bond donors (Lipinski definition) is 2. The Labute approximate surface area is 81.6 Å². The van der Waals surface area contributed by atoms with E-state index in [1.54, 1.807) is 0 Å². The van der Waals surface area contributed by atoms with Gasteiger partial charge in [-0.3, -0.25) is 4.79 Å². The Morgan fingerprint density at radius 3 is 3.14 bits per heavy atom. The standard InChI is InChI=1S/C9H12N4O/c1-6(14)10-9(2)4-3-7-8(5-9)12-13-11-7/h3-4H,5H2,1-2H3,(H,10,14)(H,11,12,13). The van der Waals surface area contributed by atoms with Gasteiger partial charge in [0.1, 0.15) is 5.69 Å². The minimum absolute atomic E-state index is 0.0379. The number of amides is 1. The van der Waals surface area contributed by atoms with Crippen molar-refractivity contribution in [2.24, 2.45) is 0 Å². The summed E-state index contributed by atoms with van der Waals surface area (Å²) in [6, 6.07) is 0. The molecule has 0 aromatic carbocycles. The van der Waals surface area contributed by atoms with Gasteiger partial charge in [-0.15, -0.1) is 0 Å². The Kier molecular flexibility index (Phi) is 1.87. The van der Waals surface area contributed by atoms with E-state index in [1.807, 2.05) is 19.1 Å². The third kappa shape index (κ3) is 1.53. The van der Waals surface area contributed by atoms with Crippen molar-refractivity contribution in [2.45, 2.75) is 25.8 Å². The molecule has 1 amide bonds. The molecule has 2 rings (SSSR count). The summed E-state index contributed by atoms with van der Waals surface area (Å²) in [7, 11) is 0. The average molecular weight is 192 g/mol. The van der Waals surface area contributed by atoms with Crippen LogP contribution in [0.4, 0.5) is 0 Å². The molecule has 0 bridgehead atoms. The summed E-state index contributed by atoms with van der Waals surface area (Å²) in [5, 5.41) is 13.4. The lowest BCUT2D eigenvalue weighted by molar-refractivity contribution is -0.120. The molecule has 1 heterocycles. The second-order valence-corrected chi connectivity index (χ2v) is 3.76. The van der Waals surface area contributed by atoms with Crippen molar-refractivity contribution in [3.05, 3.63) is 17.5 Å². The number of aromatic amines is 1. The topological polar surface area (TPSA) is 70.7 Å². The van der Waals surface area contributed by atoms with Crippen LogP contribution in [0.15, 0.2) is 6.08 Å². The van der Waals surface area contributed by atoms with E-state index in [1.165, 1.54) is 6.92 Å². The highest BCUT2D eigenvalue weighted by Crippen LogP contribution is 2.22. The maximum atomic E-state index is 11.0. The lowest BCUT2D eigenvalue weighted by atomic mass is 9.90. The first-order valence-electron chi connectivity index (χ1n) is 4.47. The maximum Gasteiger partial charge on any atom is 0.217 e. The van der Waals surface area contributed by atoms with Crippen molar-refractivity contribution in [2.75, 3.05) is 0 Å². The zero-order chi connectivity index (χ0) is 10.2. The molecule has 2 N–H and O–H groups in total. The molecule has 0 radical (unpaired) electrons. The van der Waals surface area contributed by atoms with Gasteiger partial charge in [0.25, 0.3) is 0 Å². The van der Waals surface area contributed by atoms with Crippen LogP contribution >= 0.6 is 0 Å². The number of nitrogens with one attached hydrogen (secondary N) is 2. The summed E-state index contributed by atoms with van der Waals surface area (Å²) in [5.41, 5.74) is 1.41. The zero-order valence-corrected chi connectivity index (χ0v) is 8.16. The normalized spacial score (nSPS) is 24.4. The molecule has 5 nitrogen and oxygen atoms in total. The highest BCUT2D eigenvalue weighted by atomic mass is 16.1. The summed E-state index contributed by atoms with van der Waals surface area (Å²) < 4.78 is 0. The van der Waals surface area contributed by atoms with Crippen molar-refractivity contribution in [3.8, 4) is 0 Å². The van der Waals surface area contributed by atoms with E-state index in [4.69, 9.17) is 0 Å². The van der Waals surface area contributed by atoms with E-state index in [-0.39, 0.29) is 11.4 Å². The van der Waals surface area contributed by atoms with Gasteiger partial charge in [-0.2, -0.15) is 15.4 Å². The van der Waals surface area contributed by atoms with Crippen molar-refractivity contribution in [3.63, 3.8) is 0 Å². The third-order valence-electron chi connectivity index (χ3n) is 2.26. The first-order chi connectivity index (χ1) is 6.59. The van der Waals surface area contributed by atoms with Gasteiger partial charge in [-0.05, 0) is 13.0 Å². The maximum absolute atomic E-state index is 11.0. The molecule has 0 spiro atoms. The molecule has 1 unspecified atom stereocenters. The molecule has 74 valence electrons. The third-order valence-corrected chi connectivity index (χ3v) is 2.26. The Bertz CT molecular complexity index is 395. The number of aromatic nitrogens is 3. The Balaban J connectivity index is 2.24. The molecule has 1 atom stereocenters. The molecule has 0 fully saturated rings. The van der Waals surface area contributed by atoms with E-state index >= 15 is 0 Å². The van der Waals surface area contributed by atoms with Gasteiger partial charge in [0, 0.05) is 13.3 Å². The van der Waals surface area contributed by atoms with Crippen molar-refractivity contribution in [1.82, 2.24) is 20.7 Å². The average Bonchev–Trinajstić information content (AvgIpc) is 2.48. The molecule has 5 heteroatoms. The van der Waals surface area contributed by atoms with Gasteiger partial charge in [0.15, 0.2) is 0 Å². The molecule has 1 aromatic rings. The van der Waals surface area contributed by atoms with Crippen LogP contribution in [0.5, 0.6) is 0 Å². The first kappa shape index (κ1) is 8.93. The number of hydrogen-bond acceptors (Lipinski definition) is 3. The van der Waals surface area contributed by atoms with Crippen LogP contribution in [-0.2, 0) is 11.2 Å². The number of H-pyrrole nitrogens is 1. The van der Waals surface area contributed by atoms with E-state index < -0.39 is 0 Å². The van der Waals surface area contributed by atoms with Gasteiger partial charge in [-0.1, -0.05) is 6.08 Å². The van der Waals surface area contributed by atoms with Crippen LogP contribution in [-0.4, -0.2) is 26.9 Å². The molecule has 1 aliphatic carbocycles. The van der Waals surface area contributed by atoms with Crippen LogP contribution in [0.1, 0.15) is 25.2 Å². The highest BCUT2D eigenvalue weighted by Gasteiger charge is 2.28. The molecular weight excluding hydrogens is 180 g/mol. The summed E-state index contributed by atoms with van der Waals surface area (Å²) in [5.74, 6) is -0.0379. The molecule has 0 saturated heterocycles. The summed E-state index contributed by atoms with van der Waals surface area (Å²) in [4.78, 5) is 11.0. The monoisotopic (exact) mass is 192 g/mol. The summed E-state index contributed by atoms with van der Waals surface area (Å²) in [6.45, 7) is 3.47. The number of rotatable bonds is 1. The number of fused-ring (bicyclic) bond motifs is 1. The minimum Gasteiger partial charge on any atom is -0.347 e. The second kappa shape index (κ2) is 2.94. The molecule has 0 aliphatic heterocycles. The van der Waals surface area contributed by atoms with Crippen LogP contribution in [0, 0.1) is 0 Å². The second-order valence-electron chi connectivity index (χ2n) is 3.76. The first-order valence-corrected chi connectivity index (χ1v) is 4.47. The predicted molar refractivity (Wildman–Crippen MR) is 51.3 cm³/mol. The van der Waals surface area contributed by atoms with Gasteiger partial charge >= 0.3 is 0 Å². The van der Waals surface area contributed by atoms with Crippen molar-refractivity contribution < 1.29 is 4.79 Å². The van der Waals surface area contributed by atoms with Gasteiger partial charge < -0.3 is 5.32 Å². The van der Waals surface area contributed by atoms with E-state index in [0.717, 1.165) is 11.4 Å². The highest BCUT2D eigenvalue weighted by molar-refractivity contribution is 5.75. The van der Waals surface area contributed by atoms with Crippen molar-refractivity contribution in [1.29, 1.82) is 0 Å². The Morgan fingerprint density at radius 1 is 1.64 bits per heavy atom. The van der Waals surface area contributed by atoms with E-state index in [9.17, 15) is 4.79 Å². The molecule has 1 aromatic heterocycles. The summed E-state index contributed by atoms with van der Waals surface area (Å²) >= 11 is 0. The van der Waals surface area contributed by atoms with Gasteiger partial charge in [0.2, 0.25) is 5.91 Å².